The molecule has 1 fully saturated rings. The van der Waals surface area contributed by atoms with Gasteiger partial charge < -0.3 is 24.9 Å². The van der Waals surface area contributed by atoms with E-state index in [4.69, 9.17) is 4.42 Å². The van der Waals surface area contributed by atoms with Crippen LogP contribution in [0, 0.1) is 6.92 Å². The van der Waals surface area contributed by atoms with Crippen LogP contribution in [0.1, 0.15) is 16.9 Å². The molecule has 2 N–H and O–H groups in total. The van der Waals surface area contributed by atoms with Crippen LogP contribution < -0.4 is 15.5 Å². The second kappa shape index (κ2) is 9.17. The molecule has 2 aromatic heterocycles. The monoisotopic (exact) mass is 406 g/mol. The van der Waals surface area contributed by atoms with Gasteiger partial charge in [-0.25, -0.2) is 4.98 Å². The van der Waals surface area contributed by atoms with Crippen LogP contribution in [0.2, 0.25) is 0 Å². The van der Waals surface area contributed by atoms with E-state index in [0.29, 0.717) is 13.1 Å². The average molecular weight is 407 g/mol. The first-order chi connectivity index (χ1) is 14.7. The third kappa shape index (κ3) is 4.41. The Morgan fingerprint density at radius 2 is 1.83 bits per heavy atom. The molecule has 3 aromatic rings. The Morgan fingerprint density at radius 1 is 1.07 bits per heavy atom. The molecule has 7 heteroatoms. The number of aromatic nitrogens is 1. The predicted molar refractivity (Wildman–Crippen MR) is 122 cm³/mol. The summed E-state index contributed by atoms with van der Waals surface area (Å²) in [6, 6.07) is 12.2. The van der Waals surface area contributed by atoms with Crippen LogP contribution in [0.5, 0.6) is 0 Å². The molecule has 7 nitrogen and oxygen atoms in total. The van der Waals surface area contributed by atoms with Crippen LogP contribution in [0.15, 0.2) is 52.0 Å². The van der Waals surface area contributed by atoms with Crippen molar-refractivity contribution in [2.45, 2.75) is 20.0 Å². The van der Waals surface area contributed by atoms with Crippen molar-refractivity contribution in [3.05, 3.63) is 59.5 Å². The number of rotatable bonds is 5. The first-order valence-electron chi connectivity index (χ1n) is 10.4. The van der Waals surface area contributed by atoms with Gasteiger partial charge >= 0.3 is 0 Å². The number of para-hydroxylation sites is 1. The van der Waals surface area contributed by atoms with E-state index in [1.165, 1.54) is 5.56 Å². The fourth-order valence-electron chi connectivity index (χ4n) is 3.83. The van der Waals surface area contributed by atoms with E-state index in [9.17, 15) is 0 Å². The van der Waals surface area contributed by atoms with Gasteiger partial charge in [0, 0.05) is 62.5 Å². The normalized spacial score (nSPS) is 15.6. The van der Waals surface area contributed by atoms with E-state index in [2.05, 4.69) is 56.5 Å². The third-order valence-electron chi connectivity index (χ3n) is 5.70. The van der Waals surface area contributed by atoms with Gasteiger partial charge in [0.15, 0.2) is 5.96 Å². The second-order valence-corrected chi connectivity index (χ2v) is 7.70. The van der Waals surface area contributed by atoms with Crippen molar-refractivity contribution < 1.29 is 4.42 Å². The number of hydrogen-bond donors (Lipinski definition) is 2. The maximum absolute atomic E-state index is 6.00. The SMILES string of the molecule is CN=C(NCc1cccnc1N1CCN(C)CC1)NCc1oc2ccccc2c1C. The number of aryl methyl sites for hydroxylation is 1. The van der Waals surface area contributed by atoms with Crippen molar-refractivity contribution in [1.29, 1.82) is 0 Å². The number of furan rings is 1. The lowest BCUT2D eigenvalue weighted by Crippen LogP contribution is -2.45. The van der Waals surface area contributed by atoms with Crippen LogP contribution >= 0.6 is 0 Å². The number of aliphatic imine (C=N–C) groups is 1. The van der Waals surface area contributed by atoms with Gasteiger partial charge in [0.05, 0.1) is 6.54 Å². The third-order valence-corrected chi connectivity index (χ3v) is 5.70. The number of anilines is 1. The zero-order valence-electron chi connectivity index (χ0n) is 18.0. The number of nitrogens with one attached hydrogen (secondary N) is 2. The van der Waals surface area contributed by atoms with Crippen LogP contribution in [0.25, 0.3) is 11.0 Å². The number of nitrogens with zero attached hydrogens (tertiary/aromatic N) is 4. The quantitative estimate of drug-likeness (QED) is 0.502. The van der Waals surface area contributed by atoms with Crippen molar-refractivity contribution in [3.63, 3.8) is 0 Å². The van der Waals surface area contributed by atoms with Crippen molar-refractivity contribution in [2.75, 3.05) is 45.2 Å². The summed E-state index contributed by atoms with van der Waals surface area (Å²) in [5, 5.41) is 7.94. The van der Waals surface area contributed by atoms with Gasteiger partial charge in [-0.15, -0.1) is 0 Å². The van der Waals surface area contributed by atoms with Gasteiger partial charge in [-0.3, -0.25) is 4.99 Å². The molecule has 0 atom stereocenters. The van der Waals surface area contributed by atoms with E-state index in [0.717, 1.165) is 60.2 Å². The summed E-state index contributed by atoms with van der Waals surface area (Å²) in [5.74, 6) is 2.73. The number of fused-ring (bicyclic) bond motifs is 1. The number of guanidine groups is 1. The Balaban J connectivity index is 1.38. The molecule has 158 valence electrons. The highest BCUT2D eigenvalue weighted by Crippen LogP contribution is 2.24. The lowest BCUT2D eigenvalue weighted by molar-refractivity contribution is 0.312. The molecule has 1 aliphatic rings. The molecule has 4 rings (SSSR count). The van der Waals surface area contributed by atoms with Crippen molar-refractivity contribution in [2.24, 2.45) is 4.99 Å². The minimum Gasteiger partial charge on any atom is -0.459 e. The summed E-state index contributed by atoms with van der Waals surface area (Å²) < 4.78 is 6.00. The molecule has 0 aliphatic carbocycles. The summed E-state index contributed by atoms with van der Waals surface area (Å²) in [5.41, 5.74) is 3.25. The number of piperazine rings is 1. The minimum atomic E-state index is 0.582. The van der Waals surface area contributed by atoms with Crippen LogP contribution in [0.4, 0.5) is 5.82 Å². The van der Waals surface area contributed by atoms with Gasteiger partial charge in [-0.2, -0.15) is 0 Å². The zero-order valence-corrected chi connectivity index (χ0v) is 18.0. The Labute approximate surface area is 177 Å². The van der Waals surface area contributed by atoms with Crippen molar-refractivity contribution in [1.82, 2.24) is 20.5 Å². The van der Waals surface area contributed by atoms with Crippen LogP contribution in [0.3, 0.4) is 0 Å². The highest BCUT2D eigenvalue weighted by Gasteiger charge is 2.18. The first-order valence-corrected chi connectivity index (χ1v) is 10.4. The van der Waals surface area contributed by atoms with Gasteiger partial charge in [0.2, 0.25) is 0 Å². The Morgan fingerprint density at radius 3 is 2.60 bits per heavy atom. The van der Waals surface area contributed by atoms with E-state index in [1.54, 1.807) is 7.05 Å². The molecule has 0 unspecified atom stereocenters. The lowest BCUT2D eigenvalue weighted by atomic mass is 10.1. The average Bonchev–Trinajstić information content (AvgIpc) is 3.10. The number of benzene rings is 1. The fourth-order valence-corrected chi connectivity index (χ4v) is 3.83. The molecule has 1 saturated heterocycles. The Hall–Kier alpha value is -3.06. The molecule has 3 heterocycles. The minimum absolute atomic E-state index is 0.582. The summed E-state index contributed by atoms with van der Waals surface area (Å²) in [7, 11) is 3.95. The van der Waals surface area contributed by atoms with Gasteiger partial charge in [0.25, 0.3) is 0 Å². The van der Waals surface area contributed by atoms with Gasteiger partial charge in [-0.1, -0.05) is 24.3 Å². The Bertz CT molecular complexity index is 1020. The van der Waals surface area contributed by atoms with Crippen molar-refractivity contribution >= 4 is 22.7 Å². The fraction of sp³-hybridized carbons (Fsp3) is 0.391. The first kappa shape index (κ1) is 20.2. The smallest absolute Gasteiger partial charge is 0.191 e. The highest BCUT2D eigenvalue weighted by molar-refractivity contribution is 5.83. The second-order valence-electron chi connectivity index (χ2n) is 7.70. The van der Waals surface area contributed by atoms with Crippen molar-refractivity contribution in [3.8, 4) is 0 Å². The summed E-state index contributed by atoms with van der Waals surface area (Å²) in [4.78, 5) is 13.7. The number of likely N-dealkylation sites (N-methyl/N-ethyl adjacent to an activating group) is 1. The summed E-state index contributed by atoms with van der Waals surface area (Å²) >= 11 is 0. The molecule has 0 bridgehead atoms. The molecule has 0 radical (unpaired) electrons. The van der Waals surface area contributed by atoms with E-state index < -0.39 is 0 Å². The molecule has 0 amide bonds. The molecule has 1 aromatic carbocycles. The summed E-state index contributed by atoms with van der Waals surface area (Å²) in [6.07, 6.45) is 1.87. The largest absolute Gasteiger partial charge is 0.459 e. The molecule has 30 heavy (non-hydrogen) atoms. The molecular weight excluding hydrogens is 376 g/mol. The lowest BCUT2D eigenvalue weighted by Gasteiger charge is -2.34. The maximum atomic E-state index is 6.00. The van der Waals surface area contributed by atoms with Crippen LogP contribution in [-0.4, -0.2) is 56.1 Å². The zero-order chi connectivity index (χ0) is 20.9. The highest BCUT2D eigenvalue weighted by atomic mass is 16.3. The molecule has 1 aliphatic heterocycles. The van der Waals surface area contributed by atoms with Gasteiger partial charge in [-0.05, 0) is 26.1 Å². The molecule has 0 saturated carbocycles. The van der Waals surface area contributed by atoms with Crippen LogP contribution in [-0.2, 0) is 13.1 Å². The van der Waals surface area contributed by atoms with E-state index in [1.807, 2.05) is 30.5 Å². The Kier molecular flexibility index (Phi) is 6.18. The van der Waals surface area contributed by atoms with E-state index in [-0.39, 0.29) is 0 Å². The molecule has 0 spiro atoms. The molecular formula is C23H30N6O. The number of hydrogen-bond acceptors (Lipinski definition) is 5. The standard InChI is InChI=1S/C23H30N6O/c1-17-19-8-4-5-9-20(19)30-21(17)16-27-23(24-2)26-15-18-7-6-10-25-22(18)29-13-11-28(3)12-14-29/h4-10H,11-16H2,1-3H3,(H2,24,26,27). The maximum Gasteiger partial charge on any atom is 0.191 e. The topological polar surface area (TPSA) is 68.9 Å². The van der Waals surface area contributed by atoms with E-state index >= 15 is 0 Å². The summed E-state index contributed by atoms with van der Waals surface area (Å²) in [6.45, 7) is 7.45. The predicted octanol–water partition coefficient (Wildman–Crippen LogP) is 2.75. The number of pyridine rings is 1. The van der Waals surface area contributed by atoms with Gasteiger partial charge in [0.1, 0.15) is 17.2 Å².